The fourth-order valence-corrected chi connectivity index (χ4v) is 3.47. The summed E-state index contributed by atoms with van der Waals surface area (Å²) in [5.74, 6) is 0.725. The highest BCUT2D eigenvalue weighted by Crippen LogP contribution is 2.25. The van der Waals surface area contributed by atoms with Gasteiger partial charge in [-0.05, 0) is 31.5 Å². The number of benzene rings is 1. The molecule has 0 aliphatic rings. The number of carbonyl (C=O) groups is 1. The zero-order chi connectivity index (χ0) is 20.9. The standard InChI is InChI=1S/C21H22N6OS/c1-21(2,15-22)26(3)18(28)14-29-20-25-24-19(17-10-7-11-23-12-17)27(20)13-16-8-5-4-6-9-16/h4-12H,13-14H2,1-3H3. The maximum Gasteiger partial charge on any atom is 0.234 e. The van der Waals surface area contributed by atoms with Gasteiger partial charge in [-0.2, -0.15) is 5.26 Å². The second-order valence-corrected chi connectivity index (χ2v) is 7.97. The topological polar surface area (TPSA) is 87.7 Å². The highest BCUT2D eigenvalue weighted by atomic mass is 32.2. The van der Waals surface area contributed by atoms with Crippen LogP contribution in [-0.4, -0.2) is 48.9 Å². The minimum atomic E-state index is -0.865. The van der Waals surface area contributed by atoms with Crippen LogP contribution in [0.4, 0.5) is 0 Å². The molecule has 2 aromatic heterocycles. The van der Waals surface area contributed by atoms with Crippen LogP contribution in [-0.2, 0) is 11.3 Å². The SMILES string of the molecule is CN(C(=O)CSc1nnc(-c2cccnc2)n1Cc1ccccc1)C(C)(C)C#N. The molecule has 148 valence electrons. The number of pyridine rings is 1. The third-order valence-electron chi connectivity index (χ3n) is 4.63. The molecule has 0 aliphatic carbocycles. The Kier molecular flexibility index (Phi) is 6.29. The van der Waals surface area contributed by atoms with Crippen molar-refractivity contribution in [1.82, 2.24) is 24.6 Å². The molecule has 8 heteroatoms. The molecule has 1 amide bonds. The Bertz CT molecular complexity index is 1010. The Morgan fingerprint density at radius 3 is 2.62 bits per heavy atom. The van der Waals surface area contributed by atoms with E-state index in [1.807, 2.05) is 47.0 Å². The number of aromatic nitrogens is 4. The van der Waals surface area contributed by atoms with Gasteiger partial charge < -0.3 is 4.90 Å². The summed E-state index contributed by atoms with van der Waals surface area (Å²) >= 11 is 1.31. The highest BCUT2D eigenvalue weighted by molar-refractivity contribution is 7.99. The molecule has 0 radical (unpaired) electrons. The van der Waals surface area contributed by atoms with Gasteiger partial charge >= 0.3 is 0 Å². The molecule has 0 unspecified atom stereocenters. The Labute approximate surface area is 174 Å². The van der Waals surface area contributed by atoms with E-state index in [9.17, 15) is 10.1 Å². The highest BCUT2D eigenvalue weighted by Gasteiger charge is 2.27. The van der Waals surface area contributed by atoms with Gasteiger partial charge in [0.1, 0.15) is 5.54 Å². The van der Waals surface area contributed by atoms with Crippen LogP contribution in [0.3, 0.4) is 0 Å². The van der Waals surface area contributed by atoms with Crippen LogP contribution in [0.25, 0.3) is 11.4 Å². The Balaban J connectivity index is 1.86. The van der Waals surface area contributed by atoms with E-state index in [4.69, 9.17) is 0 Å². The van der Waals surface area contributed by atoms with E-state index >= 15 is 0 Å². The first-order chi connectivity index (χ1) is 13.9. The summed E-state index contributed by atoms with van der Waals surface area (Å²) in [6, 6.07) is 15.9. The third-order valence-corrected chi connectivity index (χ3v) is 5.58. The molecule has 3 aromatic rings. The fraction of sp³-hybridized carbons (Fsp3) is 0.286. The van der Waals surface area contributed by atoms with Gasteiger partial charge in [-0.3, -0.25) is 14.3 Å². The first kappa shape index (κ1) is 20.6. The lowest BCUT2D eigenvalue weighted by Gasteiger charge is -2.28. The van der Waals surface area contributed by atoms with E-state index < -0.39 is 5.54 Å². The number of nitrogens with zero attached hydrogens (tertiary/aromatic N) is 6. The molecule has 0 N–H and O–H groups in total. The van der Waals surface area contributed by atoms with Gasteiger partial charge in [-0.15, -0.1) is 10.2 Å². The van der Waals surface area contributed by atoms with Crippen molar-refractivity contribution in [3.63, 3.8) is 0 Å². The number of carbonyl (C=O) groups excluding carboxylic acids is 1. The van der Waals surface area contributed by atoms with E-state index in [2.05, 4.69) is 21.3 Å². The second-order valence-electron chi connectivity index (χ2n) is 7.03. The lowest BCUT2D eigenvalue weighted by Crippen LogP contribution is -2.44. The first-order valence-electron chi connectivity index (χ1n) is 9.10. The molecule has 1 aromatic carbocycles. The molecule has 2 heterocycles. The third kappa shape index (κ3) is 4.81. The largest absolute Gasteiger partial charge is 0.327 e. The average molecular weight is 407 g/mol. The summed E-state index contributed by atoms with van der Waals surface area (Å²) in [5.41, 5.74) is 1.10. The molecule has 0 atom stereocenters. The average Bonchev–Trinajstić information content (AvgIpc) is 3.15. The van der Waals surface area contributed by atoms with Crippen LogP contribution >= 0.6 is 11.8 Å². The monoisotopic (exact) mass is 406 g/mol. The number of thioether (sulfide) groups is 1. The quantitative estimate of drug-likeness (QED) is 0.560. The van der Waals surface area contributed by atoms with Crippen molar-refractivity contribution < 1.29 is 4.79 Å². The second kappa shape index (κ2) is 8.88. The van der Waals surface area contributed by atoms with E-state index in [1.54, 1.807) is 33.3 Å². The van der Waals surface area contributed by atoms with Gasteiger partial charge in [0.15, 0.2) is 11.0 Å². The van der Waals surface area contributed by atoms with E-state index in [1.165, 1.54) is 16.7 Å². The molecule has 0 fully saturated rings. The van der Waals surface area contributed by atoms with Crippen LogP contribution in [0.1, 0.15) is 19.4 Å². The van der Waals surface area contributed by atoms with E-state index in [0.717, 1.165) is 11.1 Å². The van der Waals surface area contributed by atoms with Crippen molar-refractivity contribution in [2.24, 2.45) is 0 Å². The molecular weight excluding hydrogens is 384 g/mol. The summed E-state index contributed by atoms with van der Waals surface area (Å²) in [7, 11) is 1.64. The smallest absolute Gasteiger partial charge is 0.234 e. The predicted molar refractivity (Wildman–Crippen MR) is 112 cm³/mol. The van der Waals surface area contributed by atoms with Crippen LogP contribution < -0.4 is 0 Å². The van der Waals surface area contributed by atoms with Gasteiger partial charge in [-0.1, -0.05) is 42.1 Å². The van der Waals surface area contributed by atoms with E-state index in [0.29, 0.717) is 17.5 Å². The molecule has 7 nitrogen and oxygen atoms in total. The summed E-state index contributed by atoms with van der Waals surface area (Å²) in [5, 5.41) is 18.6. The summed E-state index contributed by atoms with van der Waals surface area (Å²) in [6.07, 6.45) is 3.46. The van der Waals surface area contributed by atoms with Gasteiger partial charge in [0.25, 0.3) is 0 Å². The van der Waals surface area contributed by atoms with Crippen LogP contribution in [0, 0.1) is 11.3 Å². The van der Waals surface area contributed by atoms with Crippen LogP contribution in [0.2, 0.25) is 0 Å². The molecule has 3 rings (SSSR count). The Hall–Kier alpha value is -3.18. The van der Waals surface area contributed by atoms with E-state index in [-0.39, 0.29) is 11.7 Å². The fourth-order valence-electron chi connectivity index (χ4n) is 2.62. The van der Waals surface area contributed by atoms with Crippen molar-refractivity contribution in [2.75, 3.05) is 12.8 Å². The summed E-state index contributed by atoms with van der Waals surface area (Å²) in [4.78, 5) is 18.2. The van der Waals surface area contributed by atoms with Crippen molar-refractivity contribution in [3.8, 4) is 17.5 Å². The molecule has 0 bridgehead atoms. The molecule has 0 spiro atoms. The molecular formula is C21H22N6OS. The molecule has 0 saturated heterocycles. The number of hydrogen-bond acceptors (Lipinski definition) is 6. The van der Waals surface area contributed by atoms with Crippen molar-refractivity contribution in [2.45, 2.75) is 31.1 Å². The maximum absolute atomic E-state index is 12.6. The lowest BCUT2D eigenvalue weighted by atomic mass is 10.1. The zero-order valence-corrected chi connectivity index (χ0v) is 17.4. The first-order valence-corrected chi connectivity index (χ1v) is 10.1. The van der Waals surface area contributed by atoms with Crippen molar-refractivity contribution in [3.05, 3.63) is 60.4 Å². The number of hydrogen-bond donors (Lipinski definition) is 0. The van der Waals surface area contributed by atoms with Gasteiger partial charge in [0, 0.05) is 25.0 Å². The van der Waals surface area contributed by atoms with Gasteiger partial charge in [0.05, 0.1) is 18.4 Å². The predicted octanol–water partition coefficient (Wildman–Crippen LogP) is 3.24. The Morgan fingerprint density at radius 2 is 1.97 bits per heavy atom. The van der Waals surface area contributed by atoms with Gasteiger partial charge in [0.2, 0.25) is 5.91 Å². The molecule has 29 heavy (non-hydrogen) atoms. The number of nitriles is 1. The Morgan fingerprint density at radius 1 is 1.21 bits per heavy atom. The van der Waals surface area contributed by atoms with Crippen LogP contribution in [0.5, 0.6) is 0 Å². The minimum Gasteiger partial charge on any atom is -0.327 e. The lowest BCUT2D eigenvalue weighted by molar-refractivity contribution is -0.130. The number of amides is 1. The minimum absolute atomic E-state index is 0.140. The zero-order valence-electron chi connectivity index (χ0n) is 16.6. The van der Waals surface area contributed by atoms with Crippen molar-refractivity contribution in [1.29, 1.82) is 5.26 Å². The number of rotatable bonds is 7. The van der Waals surface area contributed by atoms with Gasteiger partial charge in [-0.25, -0.2) is 0 Å². The molecule has 0 saturated carbocycles. The van der Waals surface area contributed by atoms with Crippen LogP contribution in [0.15, 0.2) is 60.0 Å². The van der Waals surface area contributed by atoms with Crippen molar-refractivity contribution >= 4 is 17.7 Å². The summed E-state index contributed by atoms with van der Waals surface area (Å²) < 4.78 is 1.99. The normalized spacial score (nSPS) is 11.1. The maximum atomic E-state index is 12.6. The summed E-state index contributed by atoms with van der Waals surface area (Å²) in [6.45, 7) is 4.01. The molecule has 0 aliphatic heterocycles.